The number of hydrogen-bond donors (Lipinski definition) is 0. The highest BCUT2D eigenvalue weighted by Crippen LogP contribution is 2.14. The molecule has 0 aliphatic rings. The molecule has 158 valence electrons. The molecule has 5 nitrogen and oxygen atoms in total. The molecule has 0 fully saturated rings. The molecule has 3 aromatic carbocycles. The number of esters is 1. The van der Waals surface area contributed by atoms with Gasteiger partial charge in [-0.3, -0.25) is 4.79 Å². The highest BCUT2D eigenvalue weighted by molar-refractivity contribution is 5.89. The van der Waals surface area contributed by atoms with Crippen molar-refractivity contribution in [3.63, 3.8) is 0 Å². The van der Waals surface area contributed by atoms with Crippen LogP contribution in [0.25, 0.3) is 6.08 Å². The first-order valence-corrected chi connectivity index (χ1v) is 9.98. The number of benzene rings is 3. The van der Waals surface area contributed by atoms with Crippen LogP contribution in [0.15, 0.2) is 91.0 Å². The minimum Gasteiger partial charge on any atom is -0.497 e. The van der Waals surface area contributed by atoms with Crippen molar-refractivity contribution >= 4 is 18.0 Å². The molecule has 1 amide bonds. The van der Waals surface area contributed by atoms with E-state index in [1.54, 1.807) is 24.2 Å². The summed E-state index contributed by atoms with van der Waals surface area (Å²) in [5, 5.41) is 0. The second-order valence-electron chi connectivity index (χ2n) is 6.94. The zero-order valence-electron chi connectivity index (χ0n) is 17.4. The molecule has 0 saturated carbocycles. The highest BCUT2D eigenvalue weighted by atomic mass is 16.5. The van der Waals surface area contributed by atoms with Gasteiger partial charge in [-0.15, -0.1) is 0 Å². The van der Waals surface area contributed by atoms with Crippen LogP contribution in [0.5, 0.6) is 5.75 Å². The Morgan fingerprint density at radius 3 is 2.03 bits per heavy atom. The highest BCUT2D eigenvalue weighted by Gasteiger charge is 2.16. The summed E-state index contributed by atoms with van der Waals surface area (Å²) < 4.78 is 10.4. The summed E-state index contributed by atoms with van der Waals surface area (Å²) in [6.45, 7) is 0.554. The van der Waals surface area contributed by atoms with E-state index in [1.165, 1.54) is 6.08 Å². The quantitative estimate of drug-likeness (QED) is 0.382. The standard InChI is InChI=1S/C26H25NO4/c1-30-24-14-8-13-21(17-24)15-16-26(29)31-20-25(28)27(18-22-9-4-2-5-10-22)19-23-11-6-3-7-12-23/h2-17H,18-20H2,1H3/b16-15+. The number of ether oxygens (including phenoxy) is 2. The Morgan fingerprint density at radius 1 is 0.839 bits per heavy atom. The lowest BCUT2D eigenvalue weighted by Crippen LogP contribution is -2.33. The molecule has 0 aliphatic heterocycles. The largest absolute Gasteiger partial charge is 0.497 e. The molecular weight excluding hydrogens is 390 g/mol. The number of hydrogen-bond acceptors (Lipinski definition) is 4. The van der Waals surface area contributed by atoms with Crippen LogP contribution in [0.4, 0.5) is 0 Å². The molecule has 5 heteroatoms. The summed E-state index contributed by atoms with van der Waals surface area (Å²) in [5.74, 6) is -0.130. The molecule has 0 heterocycles. The van der Waals surface area contributed by atoms with Crippen molar-refractivity contribution in [3.05, 3.63) is 108 Å². The van der Waals surface area contributed by atoms with Gasteiger partial charge in [-0.05, 0) is 34.9 Å². The van der Waals surface area contributed by atoms with Crippen LogP contribution >= 0.6 is 0 Å². The first-order chi connectivity index (χ1) is 15.1. The summed E-state index contributed by atoms with van der Waals surface area (Å²) in [7, 11) is 1.58. The first kappa shape index (κ1) is 21.8. The lowest BCUT2D eigenvalue weighted by Gasteiger charge is -2.23. The molecule has 0 aliphatic carbocycles. The number of nitrogens with zero attached hydrogens (tertiary/aromatic N) is 1. The zero-order chi connectivity index (χ0) is 21.9. The predicted octanol–water partition coefficient (Wildman–Crippen LogP) is 4.48. The molecule has 0 spiro atoms. The Balaban J connectivity index is 1.60. The van der Waals surface area contributed by atoms with Crippen molar-refractivity contribution in [2.45, 2.75) is 13.1 Å². The van der Waals surface area contributed by atoms with Crippen molar-refractivity contribution in [2.24, 2.45) is 0 Å². The third kappa shape index (κ3) is 7.16. The molecular formula is C26H25NO4. The average molecular weight is 415 g/mol. The average Bonchev–Trinajstić information content (AvgIpc) is 2.82. The van der Waals surface area contributed by atoms with Crippen LogP contribution in [0, 0.1) is 0 Å². The van der Waals surface area contributed by atoms with E-state index in [2.05, 4.69) is 0 Å². The van der Waals surface area contributed by atoms with Crippen LogP contribution in [-0.4, -0.2) is 30.5 Å². The molecule has 31 heavy (non-hydrogen) atoms. The molecule has 3 rings (SSSR count). The number of carbonyl (C=O) groups is 2. The van der Waals surface area contributed by atoms with Gasteiger partial charge in [0.25, 0.3) is 5.91 Å². The summed E-state index contributed by atoms with van der Waals surface area (Å²) >= 11 is 0. The molecule has 0 saturated heterocycles. The molecule has 0 unspecified atom stereocenters. The second kappa shape index (κ2) is 11.4. The van der Waals surface area contributed by atoms with Crippen LogP contribution in [0.3, 0.4) is 0 Å². The van der Waals surface area contributed by atoms with Gasteiger partial charge in [-0.1, -0.05) is 72.8 Å². The molecule has 0 atom stereocenters. The van der Waals surface area contributed by atoms with Crippen molar-refractivity contribution in [2.75, 3.05) is 13.7 Å². The smallest absolute Gasteiger partial charge is 0.331 e. The molecule has 0 radical (unpaired) electrons. The third-order valence-electron chi connectivity index (χ3n) is 4.63. The van der Waals surface area contributed by atoms with Gasteiger partial charge in [0.15, 0.2) is 6.61 Å². The van der Waals surface area contributed by atoms with Crippen LogP contribution in [0.1, 0.15) is 16.7 Å². The Kier molecular flexibility index (Phi) is 8.00. The van der Waals surface area contributed by atoms with Gasteiger partial charge < -0.3 is 14.4 Å². The fourth-order valence-electron chi connectivity index (χ4n) is 3.02. The minimum absolute atomic E-state index is 0.254. The van der Waals surface area contributed by atoms with Crippen molar-refractivity contribution < 1.29 is 19.1 Å². The fourth-order valence-corrected chi connectivity index (χ4v) is 3.02. The maximum atomic E-state index is 12.8. The summed E-state index contributed by atoms with van der Waals surface area (Å²) in [6.07, 6.45) is 2.93. The monoisotopic (exact) mass is 415 g/mol. The predicted molar refractivity (Wildman–Crippen MR) is 120 cm³/mol. The van der Waals surface area contributed by atoms with E-state index in [0.717, 1.165) is 16.7 Å². The molecule has 3 aromatic rings. The maximum Gasteiger partial charge on any atom is 0.331 e. The van der Waals surface area contributed by atoms with E-state index in [9.17, 15) is 9.59 Å². The fraction of sp³-hybridized carbons (Fsp3) is 0.154. The molecule has 0 N–H and O–H groups in total. The van der Waals surface area contributed by atoms with Crippen LogP contribution in [-0.2, 0) is 27.4 Å². The van der Waals surface area contributed by atoms with Gasteiger partial charge in [0.05, 0.1) is 7.11 Å². The van der Waals surface area contributed by atoms with Crippen LogP contribution in [0.2, 0.25) is 0 Å². The van der Waals surface area contributed by atoms with Gasteiger partial charge in [0.2, 0.25) is 0 Å². The minimum atomic E-state index is -0.574. The number of methoxy groups -OCH3 is 1. The molecule has 0 bridgehead atoms. The van der Waals surface area contributed by atoms with Gasteiger partial charge in [0, 0.05) is 19.2 Å². The topological polar surface area (TPSA) is 55.8 Å². The lowest BCUT2D eigenvalue weighted by molar-refractivity contribution is -0.148. The summed E-state index contributed by atoms with van der Waals surface area (Å²) in [5.41, 5.74) is 2.82. The van der Waals surface area contributed by atoms with Gasteiger partial charge >= 0.3 is 5.97 Å². The summed E-state index contributed by atoms with van der Waals surface area (Å²) in [4.78, 5) is 26.6. The Labute approximate surface area is 182 Å². The van der Waals surface area contributed by atoms with Gasteiger partial charge in [-0.2, -0.15) is 0 Å². The molecule has 0 aromatic heterocycles. The van der Waals surface area contributed by atoms with Gasteiger partial charge in [-0.25, -0.2) is 4.79 Å². The zero-order valence-corrected chi connectivity index (χ0v) is 17.4. The Hall–Kier alpha value is -3.86. The number of rotatable bonds is 9. The lowest BCUT2D eigenvalue weighted by atomic mass is 10.1. The normalized spacial score (nSPS) is 10.6. The number of carbonyl (C=O) groups excluding carboxylic acids is 2. The second-order valence-corrected chi connectivity index (χ2v) is 6.94. The van der Waals surface area contributed by atoms with Gasteiger partial charge in [0.1, 0.15) is 5.75 Å². The van der Waals surface area contributed by atoms with E-state index in [4.69, 9.17) is 9.47 Å². The Morgan fingerprint density at radius 2 is 1.45 bits per heavy atom. The van der Waals surface area contributed by atoms with E-state index >= 15 is 0 Å². The number of amides is 1. The third-order valence-corrected chi connectivity index (χ3v) is 4.63. The van der Waals surface area contributed by atoms with Crippen molar-refractivity contribution in [3.8, 4) is 5.75 Å². The van der Waals surface area contributed by atoms with E-state index in [-0.39, 0.29) is 12.5 Å². The Bertz CT molecular complexity index is 974. The summed E-state index contributed by atoms with van der Waals surface area (Å²) in [6, 6.07) is 26.8. The first-order valence-electron chi connectivity index (χ1n) is 9.98. The SMILES string of the molecule is COc1cccc(/C=C/C(=O)OCC(=O)N(Cc2ccccc2)Cc2ccccc2)c1. The van der Waals surface area contributed by atoms with Crippen LogP contribution < -0.4 is 4.74 Å². The maximum absolute atomic E-state index is 12.8. The van der Waals surface area contributed by atoms with E-state index < -0.39 is 5.97 Å². The van der Waals surface area contributed by atoms with Crippen molar-refractivity contribution in [1.82, 2.24) is 4.90 Å². The van der Waals surface area contributed by atoms with E-state index in [0.29, 0.717) is 18.8 Å². The van der Waals surface area contributed by atoms with Crippen molar-refractivity contribution in [1.29, 1.82) is 0 Å². The van der Waals surface area contributed by atoms with E-state index in [1.807, 2.05) is 78.9 Å².